The average molecular weight is 523 g/mol. The van der Waals surface area contributed by atoms with Gasteiger partial charge in [-0.3, -0.25) is 4.79 Å². The van der Waals surface area contributed by atoms with Gasteiger partial charge in [0.2, 0.25) is 0 Å². The first-order valence-electron chi connectivity index (χ1n) is 12.1. The molecule has 1 amide bonds. The molecular weight excluding hydrogens is 488 g/mol. The number of hydrogen-bond acceptors (Lipinski definition) is 8. The van der Waals surface area contributed by atoms with Gasteiger partial charge in [-0.1, -0.05) is 12.1 Å². The number of ether oxygens (including phenoxy) is 4. The fourth-order valence-electron chi connectivity index (χ4n) is 4.28. The summed E-state index contributed by atoms with van der Waals surface area (Å²) in [6.07, 6.45) is 0.706. The van der Waals surface area contributed by atoms with E-state index in [1.54, 1.807) is 14.2 Å². The summed E-state index contributed by atoms with van der Waals surface area (Å²) in [5, 5.41) is 12.8. The average Bonchev–Trinajstić information content (AvgIpc) is 2.90. The van der Waals surface area contributed by atoms with Crippen LogP contribution in [0.15, 0.2) is 48.7 Å². The normalized spacial score (nSPS) is 12.4. The van der Waals surface area contributed by atoms with Gasteiger partial charge in [0.05, 0.1) is 21.3 Å². The quantitative estimate of drug-likeness (QED) is 0.379. The van der Waals surface area contributed by atoms with Gasteiger partial charge in [0.15, 0.2) is 17.2 Å². The largest absolute Gasteiger partial charge is 0.503 e. The van der Waals surface area contributed by atoms with E-state index in [0.29, 0.717) is 11.5 Å². The third kappa shape index (κ3) is 6.16. The van der Waals surface area contributed by atoms with E-state index in [0.717, 1.165) is 22.3 Å². The Morgan fingerprint density at radius 2 is 1.42 bits per heavy atom. The first kappa shape index (κ1) is 28.3. The number of esters is 1. The minimum atomic E-state index is -1.02. The molecule has 0 fully saturated rings. The van der Waals surface area contributed by atoms with E-state index in [2.05, 4.69) is 10.3 Å². The van der Waals surface area contributed by atoms with Crippen LogP contribution < -0.4 is 19.5 Å². The zero-order valence-electron chi connectivity index (χ0n) is 22.7. The zero-order valence-corrected chi connectivity index (χ0v) is 22.7. The first-order valence-corrected chi connectivity index (χ1v) is 12.1. The maximum absolute atomic E-state index is 13.1. The van der Waals surface area contributed by atoms with Crippen molar-refractivity contribution in [2.75, 3.05) is 21.3 Å². The first-order chi connectivity index (χ1) is 18.1. The Bertz CT molecular complexity index is 1250. The number of amides is 1. The predicted octanol–water partition coefficient (Wildman–Crippen LogP) is 4.31. The van der Waals surface area contributed by atoms with Gasteiger partial charge in [-0.2, -0.15) is 0 Å². The van der Waals surface area contributed by atoms with Crippen LogP contribution >= 0.6 is 0 Å². The van der Waals surface area contributed by atoms with Crippen molar-refractivity contribution in [1.29, 1.82) is 0 Å². The van der Waals surface area contributed by atoms with Crippen LogP contribution in [0.4, 0.5) is 0 Å². The van der Waals surface area contributed by atoms with E-state index in [1.165, 1.54) is 26.3 Å². The number of carbonyl (C=O) groups is 2. The maximum Gasteiger partial charge on any atom is 0.328 e. The number of pyridine rings is 1. The lowest BCUT2D eigenvalue weighted by Gasteiger charge is -2.29. The van der Waals surface area contributed by atoms with Gasteiger partial charge in [0, 0.05) is 18.2 Å². The number of aryl methyl sites for hydroxylation is 2. The lowest BCUT2D eigenvalue weighted by Crippen LogP contribution is -2.41. The summed E-state index contributed by atoms with van der Waals surface area (Å²) < 4.78 is 21.9. The van der Waals surface area contributed by atoms with Gasteiger partial charge >= 0.3 is 5.97 Å². The monoisotopic (exact) mass is 522 g/mol. The van der Waals surface area contributed by atoms with Crippen molar-refractivity contribution in [1.82, 2.24) is 10.3 Å². The Morgan fingerprint density at radius 3 is 1.92 bits per heavy atom. The predicted molar refractivity (Wildman–Crippen MR) is 142 cm³/mol. The highest BCUT2D eigenvalue weighted by molar-refractivity contribution is 5.97. The van der Waals surface area contributed by atoms with Crippen LogP contribution in [0.5, 0.6) is 23.0 Å². The summed E-state index contributed by atoms with van der Waals surface area (Å²) in [4.78, 5) is 29.7. The van der Waals surface area contributed by atoms with Crippen LogP contribution in [0.3, 0.4) is 0 Å². The van der Waals surface area contributed by atoms with E-state index in [-0.39, 0.29) is 17.4 Å². The standard InChI is InChI=1S/C29H34N2O7/c1-16-8-10-20(35-5)14-22(16)25(23-15-21(36-6)11-9-17(23)2)19(4)38-29(34)18(3)31-28(33)26-27(32)24(37-7)12-13-30-26/h8-15,18-19,25,32H,1-7H3,(H,31,33)/t18-,19-/m0/s1. The van der Waals surface area contributed by atoms with E-state index < -0.39 is 29.8 Å². The number of aromatic nitrogens is 1. The van der Waals surface area contributed by atoms with Crippen molar-refractivity contribution >= 4 is 11.9 Å². The molecule has 38 heavy (non-hydrogen) atoms. The Hall–Kier alpha value is -4.27. The van der Waals surface area contributed by atoms with Crippen LogP contribution in [-0.4, -0.2) is 55.4 Å². The highest BCUT2D eigenvalue weighted by Crippen LogP contribution is 2.37. The molecular formula is C29H34N2O7. The smallest absolute Gasteiger partial charge is 0.328 e. The molecule has 0 aliphatic rings. The fraction of sp³-hybridized carbons (Fsp3) is 0.345. The second kappa shape index (κ2) is 12.3. The van der Waals surface area contributed by atoms with E-state index in [1.807, 2.05) is 57.2 Å². The summed E-state index contributed by atoms with van der Waals surface area (Å²) in [7, 11) is 4.56. The Morgan fingerprint density at radius 1 is 0.868 bits per heavy atom. The van der Waals surface area contributed by atoms with Crippen molar-refractivity contribution in [3.05, 3.63) is 76.6 Å². The lowest BCUT2D eigenvalue weighted by molar-refractivity contribution is -0.150. The molecule has 0 unspecified atom stereocenters. The Kier molecular flexibility index (Phi) is 9.17. The molecule has 3 rings (SSSR count). The third-order valence-corrected chi connectivity index (χ3v) is 6.44. The number of carbonyl (C=O) groups excluding carboxylic acids is 2. The molecule has 0 saturated carbocycles. The molecule has 2 atom stereocenters. The van der Waals surface area contributed by atoms with Crippen LogP contribution in [-0.2, 0) is 9.53 Å². The molecule has 0 radical (unpaired) electrons. The van der Waals surface area contributed by atoms with Crippen LogP contribution in [0, 0.1) is 13.8 Å². The van der Waals surface area contributed by atoms with Gasteiger partial charge in [0.1, 0.15) is 23.6 Å². The molecule has 0 aliphatic heterocycles. The molecule has 3 aromatic rings. The topological polar surface area (TPSA) is 116 Å². The van der Waals surface area contributed by atoms with E-state index >= 15 is 0 Å². The van der Waals surface area contributed by atoms with Crippen molar-refractivity contribution < 1.29 is 33.6 Å². The lowest BCUT2D eigenvalue weighted by atomic mass is 9.82. The summed E-state index contributed by atoms with van der Waals surface area (Å²) in [5.74, 6) is -0.678. The van der Waals surface area contributed by atoms with E-state index in [9.17, 15) is 14.7 Å². The molecule has 1 aromatic heterocycles. The van der Waals surface area contributed by atoms with Crippen LogP contribution in [0.25, 0.3) is 0 Å². The van der Waals surface area contributed by atoms with Gasteiger partial charge in [0.25, 0.3) is 5.91 Å². The molecule has 9 nitrogen and oxygen atoms in total. The SMILES string of the molecule is COc1ccc(C)c(C(c2cc(OC)ccc2C)[C@H](C)OC(=O)[C@H](C)NC(=O)c2nccc(OC)c2O)c1. The number of benzene rings is 2. The third-order valence-electron chi connectivity index (χ3n) is 6.44. The number of nitrogens with one attached hydrogen (secondary N) is 1. The summed E-state index contributed by atoms with van der Waals surface area (Å²) >= 11 is 0. The minimum Gasteiger partial charge on any atom is -0.503 e. The molecule has 2 aromatic carbocycles. The van der Waals surface area contributed by atoms with Gasteiger partial charge in [-0.15, -0.1) is 0 Å². The highest BCUT2D eigenvalue weighted by atomic mass is 16.5. The Balaban J connectivity index is 1.89. The van der Waals surface area contributed by atoms with Crippen molar-refractivity contribution in [3.8, 4) is 23.0 Å². The summed E-state index contributed by atoms with van der Waals surface area (Å²) in [5.41, 5.74) is 3.61. The van der Waals surface area contributed by atoms with Crippen LogP contribution in [0.1, 0.15) is 52.5 Å². The van der Waals surface area contributed by atoms with E-state index in [4.69, 9.17) is 18.9 Å². The van der Waals surface area contributed by atoms with Gasteiger partial charge in [-0.25, -0.2) is 9.78 Å². The molecule has 0 bridgehead atoms. The fourth-order valence-corrected chi connectivity index (χ4v) is 4.28. The van der Waals surface area contributed by atoms with Crippen molar-refractivity contribution in [2.24, 2.45) is 0 Å². The second-order valence-corrected chi connectivity index (χ2v) is 8.97. The number of aromatic hydroxyl groups is 1. The summed E-state index contributed by atoms with van der Waals surface area (Å²) in [6.45, 7) is 7.29. The zero-order chi connectivity index (χ0) is 28.0. The number of rotatable bonds is 10. The number of hydrogen-bond donors (Lipinski definition) is 2. The Labute approximate surface area is 222 Å². The molecule has 0 saturated heterocycles. The highest BCUT2D eigenvalue weighted by Gasteiger charge is 2.30. The molecule has 202 valence electrons. The van der Waals surface area contributed by atoms with Crippen LogP contribution in [0.2, 0.25) is 0 Å². The molecule has 2 N–H and O–H groups in total. The maximum atomic E-state index is 13.1. The van der Waals surface area contributed by atoms with Crippen molar-refractivity contribution in [2.45, 2.75) is 45.8 Å². The van der Waals surface area contributed by atoms with Gasteiger partial charge < -0.3 is 29.4 Å². The van der Waals surface area contributed by atoms with Crippen molar-refractivity contribution in [3.63, 3.8) is 0 Å². The number of methoxy groups -OCH3 is 3. The molecule has 9 heteroatoms. The summed E-state index contributed by atoms with van der Waals surface area (Å²) in [6, 6.07) is 12.0. The number of nitrogens with zero attached hydrogens (tertiary/aromatic N) is 1. The second-order valence-electron chi connectivity index (χ2n) is 8.97. The minimum absolute atomic E-state index is 0.0964. The molecule has 1 heterocycles. The van der Waals surface area contributed by atoms with Gasteiger partial charge in [-0.05, 0) is 74.2 Å². The molecule has 0 aliphatic carbocycles. The molecule has 0 spiro atoms.